The molecule has 1 saturated heterocycles. The van der Waals surface area contributed by atoms with Crippen LogP contribution in [0.15, 0.2) is 60.6 Å². The van der Waals surface area contributed by atoms with Crippen molar-refractivity contribution in [1.82, 2.24) is 0 Å². The highest BCUT2D eigenvalue weighted by Gasteiger charge is 2.46. The number of carboxylic acids is 2. The molecule has 9 atom stereocenters. The van der Waals surface area contributed by atoms with Crippen LogP contribution in [-0.2, 0) is 23.8 Å². The van der Waals surface area contributed by atoms with E-state index in [-0.39, 0.29) is 12.0 Å². The van der Waals surface area contributed by atoms with E-state index in [9.17, 15) is 35.1 Å². The minimum absolute atomic E-state index is 0.0743. The van der Waals surface area contributed by atoms with Gasteiger partial charge in [0.25, 0.3) is 0 Å². The number of hydrogen-bond donors (Lipinski definition) is 6. The second-order valence-electron chi connectivity index (χ2n) is 9.08. The summed E-state index contributed by atoms with van der Waals surface area (Å²) in [7, 11) is 0. The summed E-state index contributed by atoms with van der Waals surface area (Å²) in [6.07, 6.45) is 3.30. The Bertz CT molecular complexity index is 956. The second kappa shape index (κ2) is 13.1. The topological polar surface area (TPSA) is 190 Å². The summed E-state index contributed by atoms with van der Waals surface area (Å²) < 4.78 is 16.5. The first-order valence-corrected chi connectivity index (χ1v) is 11.9. The van der Waals surface area contributed by atoms with Crippen LogP contribution in [-0.4, -0.2) is 94.2 Å². The molecule has 0 amide bonds. The molecule has 0 spiro atoms. The maximum absolute atomic E-state index is 11.8. The highest BCUT2D eigenvalue weighted by molar-refractivity contribution is 5.85. The van der Waals surface area contributed by atoms with Gasteiger partial charge in [-0.05, 0) is 12.2 Å². The van der Waals surface area contributed by atoms with Crippen LogP contribution in [0.3, 0.4) is 0 Å². The maximum atomic E-state index is 11.8. The lowest BCUT2D eigenvalue weighted by Crippen LogP contribution is -3.08. The molecule has 0 bridgehead atoms. The lowest BCUT2D eigenvalue weighted by atomic mass is 9.83. The van der Waals surface area contributed by atoms with Gasteiger partial charge >= 0.3 is 5.97 Å². The molecule has 12 nitrogen and oxygen atoms in total. The maximum Gasteiger partial charge on any atom is 0.303 e. The monoisotopic (exact) mass is 523 g/mol. The van der Waals surface area contributed by atoms with Crippen molar-refractivity contribution >= 4 is 11.9 Å². The standard InChI is InChI=1S/C25H33NO11/c1-2-15-16(8-7-14-5-3-9-26(11-14)10-4-6-19(28)29)17(23(33)34)13-35-24(15)37-25-22(32)21(31)20(30)18(12-27)36-25/h2-3,5,7-9,13,15-16,18,20-22,24-25,27,30-32H,1,4,6,10-12H2,(H,28,29)(H,33,34)/b8-7+/t15-,16+,18-,20-,21+,22-,24+,25+/m1/s1. The highest BCUT2D eigenvalue weighted by Crippen LogP contribution is 2.35. The number of rotatable bonds is 11. The molecule has 0 radical (unpaired) electrons. The first-order valence-electron chi connectivity index (χ1n) is 11.9. The van der Waals surface area contributed by atoms with E-state index in [0.29, 0.717) is 19.5 Å². The summed E-state index contributed by atoms with van der Waals surface area (Å²) >= 11 is 0. The zero-order valence-electron chi connectivity index (χ0n) is 20.1. The molecule has 3 heterocycles. The number of carbonyl (C=O) groups excluding carboxylic acids is 1. The van der Waals surface area contributed by atoms with Crippen LogP contribution in [0, 0.1) is 11.8 Å². The molecule has 3 aliphatic heterocycles. The minimum atomic E-state index is -1.67. The summed E-state index contributed by atoms with van der Waals surface area (Å²) in [5, 5.41) is 60.4. The second-order valence-corrected chi connectivity index (χ2v) is 9.08. The molecule has 204 valence electrons. The average Bonchev–Trinajstić information content (AvgIpc) is 2.87. The molecule has 0 aliphatic carbocycles. The SMILES string of the molecule is C=C[C@H]1[C@H](O[C@@H]2O[C@H](CO)[C@@H](O)[C@H](O)[C@H]2O)OC=C(C(=O)[O-])[C@H]1/C=C/C1=CC=C[NH+](CCCC(=O)O)C1. The van der Waals surface area contributed by atoms with Gasteiger partial charge in [-0.25, -0.2) is 0 Å². The third-order valence-corrected chi connectivity index (χ3v) is 6.52. The molecule has 37 heavy (non-hydrogen) atoms. The summed E-state index contributed by atoms with van der Waals surface area (Å²) in [5.74, 6) is -3.88. The fourth-order valence-electron chi connectivity index (χ4n) is 4.46. The molecule has 0 aromatic carbocycles. The van der Waals surface area contributed by atoms with Crippen molar-refractivity contribution in [2.75, 3.05) is 19.7 Å². The average molecular weight is 524 g/mol. The predicted octanol–water partition coefficient (Wildman–Crippen LogP) is -3.03. The van der Waals surface area contributed by atoms with Crippen molar-refractivity contribution in [1.29, 1.82) is 0 Å². The Balaban J connectivity index is 1.74. The molecule has 1 unspecified atom stereocenters. The van der Waals surface area contributed by atoms with Crippen LogP contribution >= 0.6 is 0 Å². The Morgan fingerprint density at radius 2 is 1.97 bits per heavy atom. The van der Waals surface area contributed by atoms with Gasteiger partial charge in [0, 0.05) is 29.4 Å². The normalized spacial score (nSPS) is 35.9. The van der Waals surface area contributed by atoms with Gasteiger partial charge in [0.15, 0.2) is 6.29 Å². The summed E-state index contributed by atoms with van der Waals surface area (Å²) in [4.78, 5) is 23.6. The number of aliphatic hydroxyl groups is 4. The van der Waals surface area contributed by atoms with Crippen molar-refractivity contribution < 1.29 is 59.3 Å². The van der Waals surface area contributed by atoms with Crippen molar-refractivity contribution in [2.24, 2.45) is 11.8 Å². The summed E-state index contributed by atoms with van der Waals surface area (Å²) in [6.45, 7) is 4.32. The van der Waals surface area contributed by atoms with Crippen molar-refractivity contribution in [3.05, 3.63) is 60.6 Å². The lowest BCUT2D eigenvalue weighted by Gasteiger charge is -2.43. The van der Waals surface area contributed by atoms with Gasteiger partial charge in [0.2, 0.25) is 6.29 Å². The van der Waals surface area contributed by atoms with Gasteiger partial charge in [-0.3, -0.25) is 4.79 Å². The van der Waals surface area contributed by atoms with E-state index in [0.717, 1.165) is 16.7 Å². The molecular formula is C25H33NO11. The molecule has 6 N–H and O–H groups in total. The van der Waals surface area contributed by atoms with E-state index in [1.165, 1.54) is 6.08 Å². The van der Waals surface area contributed by atoms with Gasteiger partial charge in [-0.2, -0.15) is 0 Å². The molecule has 0 aromatic rings. The van der Waals surface area contributed by atoms with Crippen molar-refractivity contribution in [3.8, 4) is 0 Å². The number of ether oxygens (including phenoxy) is 3. The van der Waals surface area contributed by atoms with Gasteiger partial charge < -0.3 is 54.5 Å². The van der Waals surface area contributed by atoms with Gasteiger partial charge in [-0.1, -0.05) is 18.2 Å². The Kier molecular flexibility index (Phi) is 10.2. The number of aliphatic carboxylic acids is 2. The number of hydrogen-bond acceptors (Lipinski definition) is 10. The summed E-state index contributed by atoms with van der Waals surface area (Å²) in [6, 6.07) is 0. The van der Waals surface area contributed by atoms with E-state index in [1.54, 1.807) is 12.2 Å². The first kappa shape index (κ1) is 28.7. The third kappa shape index (κ3) is 7.14. The van der Waals surface area contributed by atoms with Crippen LogP contribution in [0.1, 0.15) is 12.8 Å². The van der Waals surface area contributed by atoms with Crippen molar-refractivity contribution in [2.45, 2.75) is 49.8 Å². The molecule has 3 aliphatic rings. The molecule has 0 aromatic heterocycles. The Morgan fingerprint density at radius 1 is 1.22 bits per heavy atom. The van der Waals surface area contributed by atoms with Crippen LogP contribution in [0.4, 0.5) is 0 Å². The quantitative estimate of drug-likeness (QED) is 0.151. The Hall–Kier alpha value is -2.84. The fourth-order valence-corrected chi connectivity index (χ4v) is 4.46. The Labute approximate surface area is 213 Å². The van der Waals surface area contributed by atoms with Crippen LogP contribution in [0.25, 0.3) is 0 Å². The third-order valence-electron chi connectivity index (χ3n) is 6.52. The predicted molar refractivity (Wildman–Crippen MR) is 124 cm³/mol. The molecule has 0 saturated carbocycles. The van der Waals surface area contributed by atoms with Gasteiger partial charge in [0.05, 0.1) is 38.0 Å². The zero-order chi connectivity index (χ0) is 27.1. The largest absolute Gasteiger partial charge is 0.545 e. The number of carboxylic acid groups (broad SMARTS) is 2. The smallest absolute Gasteiger partial charge is 0.303 e. The highest BCUT2D eigenvalue weighted by atomic mass is 16.8. The van der Waals surface area contributed by atoms with Crippen LogP contribution in [0.5, 0.6) is 0 Å². The zero-order valence-corrected chi connectivity index (χ0v) is 20.1. The molecule has 3 rings (SSSR count). The molecule has 1 fully saturated rings. The Morgan fingerprint density at radius 3 is 2.62 bits per heavy atom. The fraction of sp³-hybridized carbons (Fsp3) is 0.520. The van der Waals surface area contributed by atoms with Crippen molar-refractivity contribution in [3.63, 3.8) is 0 Å². The van der Waals surface area contributed by atoms with Gasteiger partial charge in [-0.15, -0.1) is 6.58 Å². The van der Waals surface area contributed by atoms with E-state index in [4.69, 9.17) is 19.3 Å². The first-order chi connectivity index (χ1) is 17.7. The lowest BCUT2D eigenvalue weighted by molar-refractivity contribution is -0.842. The summed E-state index contributed by atoms with van der Waals surface area (Å²) in [5.41, 5.74) is 0.721. The van der Waals surface area contributed by atoms with E-state index >= 15 is 0 Å². The number of aliphatic hydroxyl groups excluding tert-OH is 4. The minimum Gasteiger partial charge on any atom is -0.545 e. The van der Waals surface area contributed by atoms with Crippen LogP contribution in [0.2, 0.25) is 0 Å². The van der Waals surface area contributed by atoms with Gasteiger partial charge in [0.1, 0.15) is 31.0 Å². The van der Waals surface area contributed by atoms with Crippen LogP contribution < -0.4 is 10.0 Å². The number of nitrogens with one attached hydrogen (secondary N) is 1. The molecular weight excluding hydrogens is 490 g/mol. The number of allylic oxidation sites excluding steroid dienone is 3. The molecule has 12 heteroatoms. The number of carbonyl (C=O) groups is 2. The number of quaternary nitrogens is 1. The van der Waals surface area contributed by atoms with E-state index in [1.807, 2.05) is 18.4 Å². The van der Waals surface area contributed by atoms with E-state index < -0.39 is 67.4 Å². The van der Waals surface area contributed by atoms with E-state index in [2.05, 4.69) is 6.58 Å².